The summed E-state index contributed by atoms with van der Waals surface area (Å²) in [7, 11) is 0. The zero-order chi connectivity index (χ0) is 13.0. The zero-order valence-electron chi connectivity index (χ0n) is 10.8. The summed E-state index contributed by atoms with van der Waals surface area (Å²) in [6, 6.07) is 5.33. The number of hydrogen-bond acceptors (Lipinski definition) is 2. The lowest BCUT2D eigenvalue weighted by molar-refractivity contribution is 0.245. The highest BCUT2D eigenvalue weighted by Gasteiger charge is 2.24. The number of urea groups is 1. The zero-order valence-corrected chi connectivity index (χ0v) is 10.8. The van der Waals surface area contributed by atoms with Crippen LogP contribution in [-0.2, 0) is 6.42 Å². The molecular formula is C14H20N2O2. The van der Waals surface area contributed by atoms with Crippen LogP contribution in [-0.4, -0.2) is 24.2 Å². The van der Waals surface area contributed by atoms with Crippen molar-refractivity contribution in [2.24, 2.45) is 0 Å². The molecule has 1 aromatic carbocycles. The largest absolute Gasteiger partial charge is 0.506 e. The molecule has 1 aliphatic rings. The van der Waals surface area contributed by atoms with Crippen molar-refractivity contribution in [3.8, 4) is 5.75 Å². The molecule has 1 aliphatic heterocycles. The van der Waals surface area contributed by atoms with Gasteiger partial charge in [-0.1, -0.05) is 25.5 Å². The summed E-state index contributed by atoms with van der Waals surface area (Å²) < 4.78 is 0. The Bertz CT molecular complexity index is 432. The first kappa shape index (κ1) is 12.7. The predicted molar refractivity (Wildman–Crippen MR) is 72.1 cm³/mol. The van der Waals surface area contributed by atoms with E-state index in [1.54, 1.807) is 11.0 Å². The number of nitrogens with zero attached hydrogens (tertiary/aromatic N) is 1. The third kappa shape index (κ3) is 2.58. The van der Waals surface area contributed by atoms with Crippen LogP contribution < -0.4 is 10.2 Å². The average Bonchev–Trinajstić information content (AvgIpc) is 2.38. The van der Waals surface area contributed by atoms with Crippen molar-refractivity contribution < 1.29 is 9.90 Å². The Kier molecular flexibility index (Phi) is 4.07. The monoisotopic (exact) mass is 248 g/mol. The van der Waals surface area contributed by atoms with Crippen molar-refractivity contribution in [2.75, 3.05) is 18.0 Å². The average molecular weight is 248 g/mol. The quantitative estimate of drug-likeness (QED) is 0.808. The van der Waals surface area contributed by atoms with Crippen LogP contribution in [0, 0.1) is 0 Å². The summed E-state index contributed by atoms with van der Waals surface area (Å²) in [5.41, 5.74) is 1.73. The minimum absolute atomic E-state index is 0.106. The Morgan fingerprint density at radius 3 is 3.11 bits per heavy atom. The molecule has 1 heterocycles. The van der Waals surface area contributed by atoms with E-state index >= 15 is 0 Å². The van der Waals surface area contributed by atoms with Crippen LogP contribution in [0.25, 0.3) is 0 Å². The van der Waals surface area contributed by atoms with E-state index in [0.717, 1.165) is 31.2 Å². The number of aryl methyl sites for hydroxylation is 1. The lowest BCUT2D eigenvalue weighted by Gasteiger charge is -2.30. The summed E-state index contributed by atoms with van der Waals surface area (Å²) >= 11 is 0. The highest BCUT2D eigenvalue weighted by molar-refractivity contribution is 5.95. The van der Waals surface area contributed by atoms with Crippen molar-refractivity contribution in [1.29, 1.82) is 0 Å². The third-order valence-electron chi connectivity index (χ3n) is 3.25. The summed E-state index contributed by atoms with van der Waals surface area (Å²) in [4.78, 5) is 13.7. The molecule has 18 heavy (non-hydrogen) atoms. The van der Waals surface area contributed by atoms with Crippen LogP contribution >= 0.6 is 0 Å². The van der Waals surface area contributed by atoms with Crippen LogP contribution in [0.3, 0.4) is 0 Å². The van der Waals surface area contributed by atoms with Gasteiger partial charge in [-0.2, -0.15) is 0 Å². The van der Waals surface area contributed by atoms with Crippen molar-refractivity contribution in [2.45, 2.75) is 32.6 Å². The van der Waals surface area contributed by atoms with E-state index in [2.05, 4.69) is 12.2 Å². The number of para-hydroxylation sites is 1. The number of benzene rings is 1. The molecule has 0 saturated heterocycles. The molecule has 2 rings (SSSR count). The molecule has 4 nitrogen and oxygen atoms in total. The molecule has 0 atom stereocenters. The number of phenolic OH excluding ortho intramolecular Hbond substituents is 1. The van der Waals surface area contributed by atoms with Gasteiger partial charge in [-0.15, -0.1) is 0 Å². The normalized spacial score (nSPS) is 14.2. The molecule has 2 N–H and O–H groups in total. The van der Waals surface area contributed by atoms with Gasteiger partial charge in [0.25, 0.3) is 0 Å². The molecule has 2 amide bonds. The highest BCUT2D eigenvalue weighted by atomic mass is 16.3. The SMILES string of the molecule is CCCCNC(=O)N1CCCc2cccc(O)c21. The molecule has 0 spiro atoms. The molecule has 0 aromatic heterocycles. The number of hydrogen-bond donors (Lipinski definition) is 2. The molecule has 0 aliphatic carbocycles. The van der Waals surface area contributed by atoms with E-state index in [0.29, 0.717) is 18.8 Å². The molecule has 0 radical (unpaired) electrons. The third-order valence-corrected chi connectivity index (χ3v) is 3.25. The van der Waals surface area contributed by atoms with Gasteiger partial charge in [0.05, 0.1) is 5.69 Å². The fourth-order valence-corrected chi connectivity index (χ4v) is 2.30. The van der Waals surface area contributed by atoms with E-state index < -0.39 is 0 Å². The molecule has 0 saturated carbocycles. The van der Waals surface area contributed by atoms with Gasteiger partial charge in [-0.05, 0) is 30.9 Å². The number of anilines is 1. The number of fused-ring (bicyclic) bond motifs is 1. The molecule has 1 aromatic rings. The summed E-state index contributed by atoms with van der Waals surface area (Å²) in [6.45, 7) is 3.45. The maximum Gasteiger partial charge on any atom is 0.322 e. The van der Waals surface area contributed by atoms with Crippen molar-refractivity contribution >= 4 is 11.7 Å². The topological polar surface area (TPSA) is 52.6 Å². The van der Waals surface area contributed by atoms with Crippen LogP contribution in [0.4, 0.5) is 10.5 Å². The lowest BCUT2D eigenvalue weighted by atomic mass is 10.0. The minimum atomic E-state index is -0.106. The number of unbranched alkanes of at least 4 members (excludes halogenated alkanes) is 1. The summed E-state index contributed by atoms with van der Waals surface area (Å²) in [6.07, 6.45) is 3.90. The van der Waals surface area contributed by atoms with Gasteiger partial charge in [0, 0.05) is 13.1 Å². The molecule has 4 heteroatoms. The number of rotatable bonds is 3. The van der Waals surface area contributed by atoms with Gasteiger partial charge < -0.3 is 10.4 Å². The van der Waals surface area contributed by atoms with Crippen molar-refractivity contribution in [3.05, 3.63) is 23.8 Å². The van der Waals surface area contributed by atoms with Crippen LogP contribution in [0.15, 0.2) is 18.2 Å². The fourth-order valence-electron chi connectivity index (χ4n) is 2.30. The first-order chi connectivity index (χ1) is 8.74. The fraction of sp³-hybridized carbons (Fsp3) is 0.500. The standard InChI is InChI=1S/C14H20N2O2/c1-2-3-9-15-14(18)16-10-5-7-11-6-4-8-12(17)13(11)16/h4,6,8,17H,2-3,5,7,9-10H2,1H3,(H,15,18). The van der Waals surface area contributed by atoms with Gasteiger partial charge in [0.2, 0.25) is 0 Å². The number of carbonyl (C=O) groups is 1. The maximum absolute atomic E-state index is 12.1. The van der Waals surface area contributed by atoms with Crippen molar-refractivity contribution in [1.82, 2.24) is 5.32 Å². The summed E-state index contributed by atoms with van der Waals surface area (Å²) in [5.74, 6) is 0.192. The highest BCUT2D eigenvalue weighted by Crippen LogP contribution is 2.35. The van der Waals surface area contributed by atoms with Crippen LogP contribution in [0.5, 0.6) is 5.75 Å². The maximum atomic E-state index is 12.1. The second-order valence-corrected chi connectivity index (χ2v) is 4.63. The molecule has 98 valence electrons. The minimum Gasteiger partial charge on any atom is -0.506 e. The number of aromatic hydroxyl groups is 1. The number of phenols is 1. The Morgan fingerprint density at radius 1 is 1.50 bits per heavy atom. The van der Waals surface area contributed by atoms with Gasteiger partial charge >= 0.3 is 6.03 Å². The van der Waals surface area contributed by atoms with E-state index in [9.17, 15) is 9.90 Å². The van der Waals surface area contributed by atoms with Gasteiger partial charge in [0.1, 0.15) is 5.75 Å². The number of carbonyl (C=O) groups excluding carboxylic acids is 1. The van der Waals surface area contributed by atoms with Gasteiger partial charge in [-0.25, -0.2) is 4.79 Å². The van der Waals surface area contributed by atoms with Crippen LogP contribution in [0.1, 0.15) is 31.7 Å². The Balaban J connectivity index is 2.14. The lowest BCUT2D eigenvalue weighted by Crippen LogP contribution is -2.43. The predicted octanol–water partition coefficient (Wildman–Crippen LogP) is 2.65. The van der Waals surface area contributed by atoms with Gasteiger partial charge in [0.15, 0.2) is 0 Å². The Hall–Kier alpha value is -1.71. The molecule has 0 unspecified atom stereocenters. The van der Waals surface area contributed by atoms with E-state index in [1.165, 1.54) is 0 Å². The molecular weight excluding hydrogens is 228 g/mol. The number of amides is 2. The molecule has 0 fully saturated rings. The second-order valence-electron chi connectivity index (χ2n) is 4.63. The van der Waals surface area contributed by atoms with Crippen LogP contribution in [0.2, 0.25) is 0 Å². The first-order valence-corrected chi connectivity index (χ1v) is 6.60. The summed E-state index contributed by atoms with van der Waals surface area (Å²) in [5, 5.41) is 12.8. The van der Waals surface area contributed by atoms with E-state index in [1.807, 2.05) is 12.1 Å². The van der Waals surface area contributed by atoms with E-state index in [-0.39, 0.29) is 11.8 Å². The smallest absolute Gasteiger partial charge is 0.322 e. The molecule has 0 bridgehead atoms. The number of nitrogens with one attached hydrogen (secondary N) is 1. The Morgan fingerprint density at radius 2 is 2.33 bits per heavy atom. The first-order valence-electron chi connectivity index (χ1n) is 6.60. The second kappa shape index (κ2) is 5.76. The van der Waals surface area contributed by atoms with Crippen molar-refractivity contribution in [3.63, 3.8) is 0 Å². The van der Waals surface area contributed by atoms with Gasteiger partial charge in [-0.3, -0.25) is 4.90 Å². The Labute approximate surface area is 108 Å². The van der Waals surface area contributed by atoms with E-state index in [4.69, 9.17) is 0 Å².